The normalized spacial score (nSPS) is 11.8. The van der Waals surface area contributed by atoms with Crippen molar-refractivity contribution in [3.63, 3.8) is 0 Å². The molecule has 0 bridgehead atoms. The molecule has 0 aliphatic heterocycles. The Labute approximate surface area is 83.2 Å². The molecule has 1 heterocycles. The summed E-state index contributed by atoms with van der Waals surface area (Å²) in [5.41, 5.74) is 0.395. The first-order valence-corrected chi connectivity index (χ1v) is 4.51. The van der Waals surface area contributed by atoms with Gasteiger partial charge < -0.3 is 10.4 Å². The lowest BCUT2D eigenvalue weighted by Gasteiger charge is -2.06. The van der Waals surface area contributed by atoms with Crippen LogP contribution in [0.1, 0.15) is 19.0 Å². The van der Waals surface area contributed by atoms with E-state index in [4.69, 9.17) is 10.4 Å². The van der Waals surface area contributed by atoms with E-state index < -0.39 is 0 Å². The molecule has 0 spiro atoms. The van der Waals surface area contributed by atoms with Crippen molar-refractivity contribution >= 4 is 5.82 Å². The van der Waals surface area contributed by atoms with E-state index in [1.165, 1.54) is 0 Å². The van der Waals surface area contributed by atoms with Crippen LogP contribution in [0.15, 0.2) is 18.2 Å². The third-order valence-corrected chi connectivity index (χ3v) is 1.73. The molecular weight excluding hydrogens is 178 g/mol. The van der Waals surface area contributed by atoms with Crippen LogP contribution in [-0.4, -0.2) is 22.7 Å². The Morgan fingerprint density at radius 2 is 2.43 bits per heavy atom. The minimum Gasteiger partial charge on any atom is -0.393 e. The highest BCUT2D eigenvalue weighted by Crippen LogP contribution is 2.04. The second-order valence-corrected chi connectivity index (χ2v) is 3.08. The molecule has 0 saturated carbocycles. The van der Waals surface area contributed by atoms with Gasteiger partial charge in [0.15, 0.2) is 0 Å². The van der Waals surface area contributed by atoms with Crippen molar-refractivity contribution in [3.05, 3.63) is 23.9 Å². The molecule has 0 aliphatic rings. The van der Waals surface area contributed by atoms with Crippen molar-refractivity contribution < 1.29 is 5.11 Å². The first kappa shape index (κ1) is 10.5. The molecule has 4 heteroatoms. The Morgan fingerprint density at radius 1 is 1.64 bits per heavy atom. The molecule has 0 aliphatic carbocycles. The van der Waals surface area contributed by atoms with Gasteiger partial charge >= 0.3 is 0 Å². The first-order valence-electron chi connectivity index (χ1n) is 4.51. The lowest BCUT2D eigenvalue weighted by molar-refractivity contribution is 0.188. The van der Waals surface area contributed by atoms with E-state index in [1.54, 1.807) is 25.1 Å². The highest BCUT2D eigenvalue weighted by atomic mass is 16.3. The van der Waals surface area contributed by atoms with Crippen LogP contribution < -0.4 is 5.32 Å². The van der Waals surface area contributed by atoms with Gasteiger partial charge in [0.1, 0.15) is 17.6 Å². The zero-order valence-electron chi connectivity index (χ0n) is 8.07. The highest BCUT2D eigenvalue weighted by Gasteiger charge is 1.97. The summed E-state index contributed by atoms with van der Waals surface area (Å²) < 4.78 is 0. The number of anilines is 1. The van der Waals surface area contributed by atoms with Gasteiger partial charge in [-0.1, -0.05) is 6.07 Å². The van der Waals surface area contributed by atoms with Crippen molar-refractivity contribution in [1.82, 2.24) is 4.98 Å². The number of aliphatic hydroxyl groups is 1. The van der Waals surface area contributed by atoms with Crippen molar-refractivity contribution in [2.45, 2.75) is 19.4 Å². The molecule has 1 atom stereocenters. The molecule has 14 heavy (non-hydrogen) atoms. The quantitative estimate of drug-likeness (QED) is 0.748. The lowest BCUT2D eigenvalue weighted by atomic mass is 10.3. The number of hydrogen-bond donors (Lipinski definition) is 2. The average molecular weight is 191 g/mol. The Bertz CT molecular complexity index is 330. The van der Waals surface area contributed by atoms with Gasteiger partial charge in [-0.25, -0.2) is 4.98 Å². The minimum atomic E-state index is -0.318. The Kier molecular flexibility index (Phi) is 3.89. The van der Waals surface area contributed by atoms with Gasteiger partial charge in [0.05, 0.1) is 6.10 Å². The van der Waals surface area contributed by atoms with Crippen LogP contribution >= 0.6 is 0 Å². The van der Waals surface area contributed by atoms with Gasteiger partial charge in [0, 0.05) is 6.54 Å². The fraction of sp³-hybridized carbons (Fsp3) is 0.400. The number of aromatic nitrogens is 1. The van der Waals surface area contributed by atoms with E-state index in [0.29, 0.717) is 24.5 Å². The first-order chi connectivity index (χ1) is 6.72. The van der Waals surface area contributed by atoms with E-state index in [2.05, 4.69) is 10.3 Å². The number of pyridine rings is 1. The topological polar surface area (TPSA) is 68.9 Å². The molecule has 1 aromatic rings. The highest BCUT2D eigenvalue weighted by molar-refractivity contribution is 5.38. The molecule has 4 nitrogen and oxygen atoms in total. The van der Waals surface area contributed by atoms with Crippen molar-refractivity contribution in [1.29, 1.82) is 5.26 Å². The number of nitrogens with one attached hydrogen (secondary N) is 1. The van der Waals surface area contributed by atoms with Crippen LogP contribution in [0.4, 0.5) is 5.82 Å². The summed E-state index contributed by atoms with van der Waals surface area (Å²) >= 11 is 0. The van der Waals surface area contributed by atoms with E-state index in [0.717, 1.165) is 0 Å². The maximum atomic E-state index is 9.02. The minimum absolute atomic E-state index is 0.318. The largest absolute Gasteiger partial charge is 0.393 e. The summed E-state index contributed by atoms with van der Waals surface area (Å²) in [5, 5.41) is 20.6. The molecule has 0 aromatic carbocycles. The van der Waals surface area contributed by atoms with Gasteiger partial charge in [-0.15, -0.1) is 0 Å². The molecule has 0 radical (unpaired) electrons. The van der Waals surface area contributed by atoms with Crippen LogP contribution in [0.25, 0.3) is 0 Å². The zero-order chi connectivity index (χ0) is 10.4. The molecule has 1 rings (SSSR count). The maximum Gasteiger partial charge on any atom is 0.142 e. The van der Waals surface area contributed by atoms with Crippen LogP contribution in [0.2, 0.25) is 0 Å². The second-order valence-electron chi connectivity index (χ2n) is 3.08. The van der Waals surface area contributed by atoms with E-state index >= 15 is 0 Å². The molecule has 74 valence electrons. The van der Waals surface area contributed by atoms with Crippen LogP contribution in [0, 0.1) is 11.3 Å². The maximum absolute atomic E-state index is 9.02. The van der Waals surface area contributed by atoms with E-state index in [9.17, 15) is 0 Å². The SMILES string of the molecule is CC(O)CCNc1cccc(C#N)n1. The van der Waals surface area contributed by atoms with Crippen molar-refractivity contribution in [2.24, 2.45) is 0 Å². The lowest BCUT2D eigenvalue weighted by Crippen LogP contribution is -2.10. The summed E-state index contributed by atoms with van der Waals surface area (Å²) in [6, 6.07) is 7.19. The number of nitriles is 1. The Balaban J connectivity index is 2.47. The van der Waals surface area contributed by atoms with Gasteiger partial charge in [0.25, 0.3) is 0 Å². The zero-order valence-corrected chi connectivity index (χ0v) is 8.07. The molecule has 1 unspecified atom stereocenters. The van der Waals surface area contributed by atoms with Crippen LogP contribution in [-0.2, 0) is 0 Å². The third kappa shape index (κ3) is 3.42. The number of nitrogens with zero attached hydrogens (tertiary/aromatic N) is 2. The van der Waals surface area contributed by atoms with E-state index in [-0.39, 0.29) is 6.10 Å². The monoisotopic (exact) mass is 191 g/mol. The second kappa shape index (κ2) is 5.20. The van der Waals surface area contributed by atoms with Gasteiger partial charge in [-0.2, -0.15) is 5.26 Å². The number of rotatable bonds is 4. The van der Waals surface area contributed by atoms with Crippen molar-refractivity contribution in [3.8, 4) is 6.07 Å². The van der Waals surface area contributed by atoms with Crippen LogP contribution in [0.5, 0.6) is 0 Å². The van der Waals surface area contributed by atoms with Gasteiger partial charge in [-0.05, 0) is 25.5 Å². The summed E-state index contributed by atoms with van der Waals surface area (Å²) in [7, 11) is 0. The number of aliphatic hydroxyl groups excluding tert-OH is 1. The smallest absolute Gasteiger partial charge is 0.142 e. The molecule has 2 N–H and O–H groups in total. The molecular formula is C10H13N3O. The fourth-order valence-electron chi connectivity index (χ4n) is 1.00. The van der Waals surface area contributed by atoms with Gasteiger partial charge in [0.2, 0.25) is 0 Å². The third-order valence-electron chi connectivity index (χ3n) is 1.73. The van der Waals surface area contributed by atoms with Crippen molar-refractivity contribution in [2.75, 3.05) is 11.9 Å². The van der Waals surface area contributed by atoms with Gasteiger partial charge in [-0.3, -0.25) is 0 Å². The summed E-state index contributed by atoms with van der Waals surface area (Å²) in [5.74, 6) is 0.671. The predicted octanol–water partition coefficient (Wildman–Crippen LogP) is 1.14. The average Bonchev–Trinajstić information content (AvgIpc) is 2.18. The standard InChI is InChI=1S/C10H13N3O/c1-8(14)5-6-12-10-4-2-3-9(7-11)13-10/h2-4,8,14H,5-6H2,1H3,(H,12,13). The summed E-state index contributed by atoms with van der Waals surface area (Å²) in [4.78, 5) is 4.03. The number of hydrogen-bond acceptors (Lipinski definition) is 4. The predicted molar refractivity (Wildman–Crippen MR) is 53.7 cm³/mol. The summed E-state index contributed by atoms with van der Waals surface area (Å²) in [6.07, 6.45) is 0.347. The fourth-order valence-corrected chi connectivity index (χ4v) is 1.00. The molecule has 0 fully saturated rings. The molecule has 0 saturated heterocycles. The Morgan fingerprint density at radius 3 is 3.07 bits per heavy atom. The molecule has 1 aromatic heterocycles. The van der Waals surface area contributed by atoms with E-state index in [1.807, 2.05) is 6.07 Å². The Hall–Kier alpha value is -1.60. The van der Waals surface area contributed by atoms with Crippen LogP contribution in [0.3, 0.4) is 0 Å². The molecule has 0 amide bonds. The summed E-state index contributed by atoms with van der Waals surface area (Å²) in [6.45, 7) is 2.39.